The van der Waals surface area contributed by atoms with Gasteiger partial charge in [-0.25, -0.2) is 4.39 Å². The van der Waals surface area contributed by atoms with Crippen LogP contribution in [-0.2, 0) is 29.5 Å². The van der Waals surface area contributed by atoms with Crippen molar-refractivity contribution in [3.8, 4) is 23.0 Å². The van der Waals surface area contributed by atoms with Crippen molar-refractivity contribution in [2.45, 2.75) is 19.4 Å². The van der Waals surface area contributed by atoms with Gasteiger partial charge in [0.15, 0.2) is 5.69 Å². The lowest BCUT2D eigenvalue weighted by Gasteiger charge is -2.29. The van der Waals surface area contributed by atoms with Gasteiger partial charge in [-0.3, -0.25) is 9.48 Å². The van der Waals surface area contributed by atoms with Crippen molar-refractivity contribution in [3.63, 3.8) is 0 Å². The van der Waals surface area contributed by atoms with E-state index in [2.05, 4.69) is 15.2 Å². The van der Waals surface area contributed by atoms with Crippen molar-refractivity contribution in [1.82, 2.24) is 24.8 Å². The normalized spacial score (nSPS) is 18.8. The molecule has 8 nitrogen and oxygen atoms in total. The van der Waals surface area contributed by atoms with Crippen LogP contribution < -0.4 is 0 Å². The van der Waals surface area contributed by atoms with Crippen LogP contribution in [0.25, 0.3) is 23.0 Å². The minimum absolute atomic E-state index is 0.0698. The first kappa shape index (κ1) is 18.0. The van der Waals surface area contributed by atoms with Gasteiger partial charge in [0, 0.05) is 50.0 Å². The number of carbonyl (C=O) groups is 1. The van der Waals surface area contributed by atoms with Crippen LogP contribution in [0.5, 0.6) is 0 Å². The summed E-state index contributed by atoms with van der Waals surface area (Å²) in [4.78, 5) is 19.1. The lowest BCUT2D eigenvalue weighted by atomic mass is 10.0. The highest BCUT2D eigenvalue weighted by molar-refractivity contribution is 5.80. The third-order valence-electron chi connectivity index (χ3n) is 5.54. The smallest absolute Gasteiger partial charge is 0.279 e. The van der Waals surface area contributed by atoms with Gasteiger partial charge in [-0.15, -0.1) is 0 Å². The van der Waals surface area contributed by atoms with E-state index in [1.165, 1.54) is 12.1 Å². The van der Waals surface area contributed by atoms with Gasteiger partial charge in [0.2, 0.25) is 11.7 Å². The Morgan fingerprint density at radius 2 is 2.24 bits per heavy atom. The monoisotopic (exact) mass is 397 g/mol. The summed E-state index contributed by atoms with van der Waals surface area (Å²) >= 11 is 0. The molecule has 5 rings (SSSR count). The molecule has 0 bridgehead atoms. The number of benzene rings is 1. The van der Waals surface area contributed by atoms with Crippen LogP contribution in [0.2, 0.25) is 0 Å². The molecule has 9 heteroatoms. The number of amides is 1. The zero-order valence-electron chi connectivity index (χ0n) is 16.0. The summed E-state index contributed by atoms with van der Waals surface area (Å²) < 4.78 is 26.1. The van der Waals surface area contributed by atoms with Crippen LogP contribution in [0.15, 0.2) is 28.8 Å². The van der Waals surface area contributed by atoms with Crippen molar-refractivity contribution in [3.05, 3.63) is 41.3 Å². The van der Waals surface area contributed by atoms with Crippen LogP contribution >= 0.6 is 0 Å². The van der Waals surface area contributed by atoms with E-state index in [1.54, 1.807) is 16.8 Å². The second-order valence-electron chi connectivity index (χ2n) is 7.40. The highest BCUT2D eigenvalue weighted by atomic mass is 19.1. The second kappa shape index (κ2) is 7.07. The predicted molar refractivity (Wildman–Crippen MR) is 99.9 cm³/mol. The molecule has 0 spiro atoms. The molecule has 3 aromatic rings. The molecule has 29 heavy (non-hydrogen) atoms. The number of nitrogens with zero attached hydrogens (tertiary/aromatic N) is 5. The lowest BCUT2D eigenvalue weighted by molar-refractivity contribution is -0.136. The number of carbonyl (C=O) groups excluding carboxylic acids is 1. The molecule has 0 N–H and O–H groups in total. The Kier molecular flexibility index (Phi) is 4.39. The van der Waals surface area contributed by atoms with Crippen LogP contribution in [0.4, 0.5) is 4.39 Å². The van der Waals surface area contributed by atoms with Crippen LogP contribution in [-0.4, -0.2) is 50.5 Å². The Labute approximate surface area is 166 Å². The van der Waals surface area contributed by atoms with E-state index >= 15 is 0 Å². The summed E-state index contributed by atoms with van der Waals surface area (Å²) in [5, 5.41) is 8.54. The van der Waals surface area contributed by atoms with Crippen molar-refractivity contribution < 1.29 is 18.4 Å². The Morgan fingerprint density at radius 1 is 1.34 bits per heavy atom. The average molecular weight is 397 g/mol. The van der Waals surface area contributed by atoms with E-state index in [0.29, 0.717) is 49.8 Å². The van der Waals surface area contributed by atoms with E-state index in [9.17, 15) is 9.18 Å². The molecule has 1 atom stereocenters. The van der Waals surface area contributed by atoms with Gasteiger partial charge in [-0.05, 0) is 18.6 Å². The number of hydrogen-bond acceptors (Lipinski definition) is 6. The minimum atomic E-state index is -0.367. The van der Waals surface area contributed by atoms with Gasteiger partial charge in [0.05, 0.1) is 12.5 Å². The molecule has 0 radical (unpaired) electrons. The maximum Gasteiger partial charge on any atom is 0.279 e. The fourth-order valence-corrected chi connectivity index (χ4v) is 4.00. The highest BCUT2D eigenvalue weighted by Crippen LogP contribution is 2.31. The molecule has 1 saturated heterocycles. The van der Waals surface area contributed by atoms with Crippen molar-refractivity contribution in [2.24, 2.45) is 13.0 Å². The molecule has 0 saturated carbocycles. The largest absolute Gasteiger partial charge is 0.381 e. The minimum Gasteiger partial charge on any atom is -0.381 e. The van der Waals surface area contributed by atoms with Crippen LogP contribution in [0.3, 0.4) is 0 Å². The maximum absolute atomic E-state index is 13.5. The van der Waals surface area contributed by atoms with Crippen molar-refractivity contribution in [2.75, 3.05) is 19.8 Å². The molecule has 2 aromatic heterocycles. The Bertz CT molecular complexity index is 1070. The lowest BCUT2D eigenvalue weighted by Crippen LogP contribution is -2.40. The van der Waals surface area contributed by atoms with Crippen LogP contribution in [0.1, 0.15) is 17.7 Å². The maximum atomic E-state index is 13.5. The fourth-order valence-electron chi connectivity index (χ4n) is 4.00. The summed E-state index contributed by atoms with van der Waals surface area (Å²) in [6.07, 6.45) is 1.48. The van der Waals surface area contributed by atoms with E-state index in [1.807, 2.05) is 11.9 Å². The zero-order chi connectivity index (χ0) is 20.0. The molecule has 1 fully saturated rings. The third kappa shape index (κ3) is 3.21. The number of ether oxygens (including phenoxy) is 1. The summed E-state index contributed by atoms with van der Waals surface area (Å²) in [5.74, 6) is 0.244. The molecular formula is C20H20FN5O3. The first-order valence-electron chi connectivity index (χ1n) is 9.61. The van der Waals surface area contributed by atoms with E-state index in [-0.39, 0.29) is 23.5 Å². The molecule has 4 heterocycles. The number of aryl methyl sites for hydroxylation is 1. The van der Waals surface area contributed by atoms with E-state index < -0.39 is 0 Å². The Hall–Kier alpha value is -3.07. The van der Waals surface area contributed by atoms with Gasteiger partial charge in [0.1, 0.15) is 5.82 Å². The van der Waals surface area contributed by atoms with E-state index in [0.717, 1.165) is 17.7 Å². The second-order valence-corrected chi connectivity index (χ2v) is 7.40. The predicted octanol–water partition coefficient (Wildman–Crippen LogP) is 2.20. The SMILES string of the molecule is Cn1nc(-c2nc(-c3cccc(F)c3)no2)c2c1CCN(C(=O)[C@@H]1CCOC1)C2. The van der Waals surface area contributed by atoms with Gasteiger partial charge in [-0.2, -0.15) is 10.1 Å². The average Bonchev–Trinajstić information content (AvgIpc) is 3.48. The number of halogens is 1. The van der Waals surface area contributed by atoms with Crippen molar-refractivity contribution in [1.29, 1.82) is 0 Å². The number of aromatic nitrogens is 4. The molecule has 0 aliphatic carbocycles. The summed E-state index contributed by atoms with van der Waals surface area (Å²) in [6, 6.07) is 6.03. The number of fused-ring (bicyclic) bond motifs is 1. The first-order valence-corrected chi connectivity index (χ1v) is 9.61. The summed E-state index contributed by atoms with van der Waals surface area (Å²) in [6.45, 7) is 2.23. The number of rotatable bonds is 3. The van der Waals surface area contributed by atoms with E-state index in [4.69, 9.17) is 9.26 Å². The molecule has 1 aromatic carbocycles. The van der Waals surface area contributed by atoms with Gasteiger partial charge in [0.25, 0.3) is 5.89 Å². The summed E-state index contributed by atoms with van der Waals surface area (Å²) in [5.41, 5.74) is 3.07. The molecular weight excluding hydrogens is 377 g/mol. The summed E-state index contributed by atoms with van der Waals surface area (Å²) in [7, 11) is 1.87. The molecule has 2 aliphatic heterocycles. The molecule has 1 amide bonds. The first-order chi connectivity index (χ1) is 14.1. The van der Waals surface area contributed by atoms with Crippen LogP contribution in [0, 0.1) is 11.7 Å². The quantitative estimate of drug-likeness (QED) is 0.674. The van der Waals surface area contributed by atoms with Gasteiger partial charge >= 0.3 is 0 Å². The van der Waals surface area contributed by atoms with Gasteiger partial charge in [-0.1, -0.05) is 17.3 Å². The van der Waals surface area contributed by atoms with Crippen molar-refractivity contribution >= 4 is 5.91 Å². The zero-order valence-corrected chi connectivity index (χ0v) is 16.0. The molecule has 0 unspecified atom stereocenters. The highest BCUT2D eigenvalue weighted by Gasteiger charge is 2.33. The Morgan fingerprint density at radius 3 is 3.03 bits per heavy atom. The third-order valence-corrected chi connectivity index (χ3v) is 5.54. The molecule has 150 valence electrons. The fraction of sp³-hybridized carbons (Fsp3) is 0.400. The standard InChI is InChI=1S/C20H20FN5O3/c1-25-16-5-7-26(20(27)13-6-8-28-11-13)10-15(16)17(23-25)19-22-18(24-29-19)12-3-2-4-14(21)9-12/h2-4,9,13H,5-8,10-11H2,1H3/t13-/m1/s1. The molecule has 2 aliphatic rings. The Balaban J connectivity index is 1.45. The van der Waals surface area contributed by atoms with Gasteiger partial charge < -0.3 is 14.2 Å². The topological polar surface area (TPSA) is 86.3 Å². The number of hydrogen-bond donors (Lipinski definition) is 0.